The molecular formula is C23H22BrNO3. The molecule has 0 bridgehead atoms. The van der Waals surface area contributed by atoms with E-state index in [1.165, 1.54) is 0 Å². The van der Waals surface area contributed by atoms with Crippen LogP contribution in [0.2, 0.25) is 0 Å². The molecular weight excluding hydrogens is 418 g/mol. The first-order valence-electron chi connectivity index (χ1n) is 9.10. The lowest BCUT2D eigenvalue weighted by molar-refractivity contribution is -0.149. The maximum Gasteiger partial charge on any atom is 0.311 e. The quantitative estimate of drug-likeness (QED) is 0.505. The Labute approximate surface area is 173 Å². The lowest BCUT2D eigenvalue weighted by Gasteiger charge is -2.13. The number of hydrogen-bond acceptors (Lipinski definition) is 4. The molecule has 1 aliphatic carbocycles. The van der Waals surface area contributed by atoms with E-state index in [4.69, 9.17) is 9.47 Å². The molecule has 2 aromatic rings. The summed E-state index contributed by atoms with van der Waals surface area (Å²) in [7, 11) is 0. The maximum absolute atomic E-state index is 12.7. The first-order valence-corrected chi connectivity index (χ1v) is 9.89. The van der Waals surface area contributed by atoms with Crippen LogP contribution < -0.4 is 4.74 Å². The second-order valence-corrected chi connectivity index (χ2v) is 8.76. The summed E-state index contributed by atoms with van der Waals surface area (Å²) in [5.41, 5.74) is 0.413. The summed E-state index contributed by atoms with van der Waals surface area (Å²) >= 11 is 3.42. The van der Waals surface area contributed by atoms with Gasteiger partial charge in [0.05, 0.1) is 5.92 Å². The van der Waals surface area contributed by atoms with Crippen LogP contribution in [0.4, 0.5) is 0 Å². The molecule has 0 saturated heterocycles. The summed E-state index contributed by atoms with van der Waals surface area (Å²) in [6.07, 6.45) is 1.06. The van der Waals surface area contributed by atoms with Crippen LogP contribution in [-0.4, -0.2) is 5.97 Å². The first-order chi connectivity index (χ1) is 13.3. The summed E-state index contributed by atoms with van der Waals surface area (Å²) in [6, 6.07) is 18.5. The molecule has 2 aromatic carbocycles. The summed E-state index contributed by atoms with van der Waals surface area (Å²) in [5.74, 6) is 0.791. The number of allylic oxidation sites excluding steroid dienone is 2. The van der Waals surface area contributed by atoms with Crippen molar-refractivity contribution in [3.05, 3.63) is 70.7 Å². The Morgan fingerprint density at radius 3 is 2.50 bits per heavy atom. The number of hydrogen-bond donors (Lipinski definition) is 0. The average molecular weight is 440 g/mol. The third-order valence-corrected chi connectivity index (χ3v) is 5.33. The van der Waals surface area contributed by atoms with E-state index in [0.29, 0.717) is 17.1 Å². The van der Waals surface area contributed by atoms with Gasteiger partial charge in [-0.25, -0.2) is 0 Å². The van der Waals surface area contributed by atoms with Gasteiger partial charge >= 0.3 is 5.97 Å². The molecule has 0 heterocycles. The summed E-state index contributed by atoms with van der Waals surface area (Å²) in [5, 5.41) is 9.57. The number of rotatable bonds is 6. The molecule has 0 radical (unpaired) electrons. The van der Waals surface area contributed by atoms with Crippen molar-refractivity contribution in [2.24, 2.45) is 17.3 Å². The highest BCUT2D eigenvalue weighted by Gasteiger charge is 2.61. The molecule has 1 aliphatic rings. The Hall–Kier alpha value is -2.58. The number of carbonyl (C=O) groups is 1. The number of para-hydroxylation sites is 1. The molecule has 0 amide bonds. The molecule has 1 saturated carbocycles. The molecule has 28 heavy (non-hydrogen) atoms. The van der Waals surface area contributed by atoms with Gasteiger partial charge in [0.25, 0.3) is 0 Å². The Kier molecular flexibility index (Phi) is 5.90. The molecule has 1 fully saturated rings. The van der Waals surface area contributed by atoms with Gasteiger partial charge in [-0.1, -0.05) is 66.2 Å². The minimum atomic E-state index is -0.974. The monoisotopic (exact) mass is 439 g/mol. The molecule has 1 unspecified atom stereocenters. The fourth-order valence-electron chi connectivity index (χ4n) is 3.41. The van der Waals surface area contributed by atoms with Crippen LogP contribution in [0.15, 0.2) is 65.2 Å². The van der Waals surface area contributed by atoms with Crippen molar-refractivity contribution in [2.75, 3.05) is 0 Å². The second kappa shape index (κ2) is 8.20. The first kappa shape index (κ1) is 20.2. The molecule has 4 nitrogen and oxygen atoms in total. The number of esters is 1. The van der Waals surface area contributed by atoms with Crippen molar-refractivity contribution in [2.45, 2.75) is 26.9 Å². The highest BCUT2D eigenvalue weighted by atomic mass is 79.9. The zero-order chi connectivity index (χ0) is 20.3. The second-order valence-electron chi connectivity index (χ2n) is 7.51. The number of carbonyl (C=O) groups excluding carboxylic acids is 1. The van der Waals surface area contributed by atoms with Gasteiger partial charge in [0.1, 0.15) is 17.6 Å². The highest BCUT2D eigenvalue weighted by molar-refractivity contribution is 9.11. The molecule has 0 N–H and O–H groups in total. The molecule has 0 spiro atoms. The lowest BCUT2D eigenvalue weighted by Crippen LogP contribution is -2.14. The van der Waals surface area contributed by atoms with Gasteiger partial charge in [0.2, 0.25) is 6.10 Å². The zero-order valence-electron chi connectivity index (χ0n) is 16.1. The Morgan fingerprint density at radius 2 is 1.86 bits per heavy atom. The van der Waals surface area contributed by atoms with E-state index in [0.717, 1.165) is 4.48 Å². The van der Waals surface area contributed by atoms with Gasteiger partial charge < -0.3 is 9.47 Å². The third-order valence-electron chi connectivity index (χ3n) is 5.06. The predicted octanol–water partition coefficient (Wildman–Crippen LogP) is 6.16. The average Bonchev–Trinajstić information content (AvgIpc) is 3.20. The van der Waals surface area contributed by atoms with Gasteiger partial charge in [-0.15, -0.1) is 0 Å². The lowest BCUT2D eigenvalue weighted by atomic mass is 10.1. The number of benzene rings is 2. The largest absolute Gasteiger partial charge is 0.457 e. The van der Waals surface area contributed by atoms with Crippen molar-refractivity contribution in [1.29, 1.82) is 5.26 Å². The Morgan fingerprint density at radius 1 is 1.18 bits per heavy atom. The van der Waals surface area contributed by atoms with Crippen LogP contribution in [0.3, 0.4) is 0 Å². The fourth-order valence-corrected chi connectivity index (χ4v) is 3.70. The van der Waals surface area contributed by atoms with E-state index in [9.17, 15) is 10.1 Å². The SMILES string of the molecule is C/C(Br)=C/[C@H]1[C@@H](C(=O)OC(C#N)c2cccc(Oc3ccccc3)c2)C1(C)C. The zero-order valence-corrected chi connectivity index (χ0v) is 17.6. The van der Waals surface area contributed by atoms with Crippen molar-refractivity contribution in [3.8, 4) is 17.6 Å². The van der Waals surface area contributed by atoms with Gasteiger partial charge in [0, 0.05) is 5.56 Å². The third kappa shape index (κ3) is 4.45. The number of halogens is 1. The van der Waals surface area contributed by atoms with E-state index >= 15 is 0 Å². The van der Waals surface area contributed by atoms with Crippen LogP contribution in [0, 0.1) is 28.6 Å². The highest BCUT2D eigenvalue weighted by Crippen LogP contribution is 2.60. The van der Waals surface area contributed by atoms with Crippen LogP contribution >= 0.6 is 15.9 Å². The van der Waals surface area contributed by atoms with Gasteiger partial charge in [0.15, 0.2) is 0 Å². The van der Waals surface area contributed by atoms with E-state index in [2.05, 4.69) is 22.0 Å². The van der Waals surface area contributed by atoms with E-state index in [-0.39, 0.29) is 23.2 Å². The van der Waals surface area contributed by atoms with Gasteiger partial charge in [-0.05, 0) is 47.0 Å². The van der Waals surface area contributed by atoms with Crippen molar-refractivity contribution >= 4 is 21.9 Å². The topological polar surface area (TPSA) is 59.3 Å². The molecule has 0 aliphatic heterocycles. The normalized spacial score (nSPS) is 21.3. The summed E-state index contributed by atoms with van der Waals surface area (Å²) in [4.78, 5) is 12.7. The molecule has 0 aromatic heterocycles. The smallest absolute Gasteiger partial charge is 0.311 e. The predicted molar refractivity (Wildman–Crippen MR) is 111 cm³/mol. The van der Waals surface area contributed by atoms with Crippen molar-refractivity contribution in [3.63, 3.8) is 0 Å². The molecule has 144 valence electrons. The Bertz CT molecular complexity index is 926. The van der Waals surface area contributed by atoms with E-state index in [1.54, 1.807) is 24.3 Å². The standard InChI is InChI=1S/C23H22BrNO3/c1-15(24)12-19-21(23(19,2)3)22(26)28-20(14-25)16-8-7-11-18(13-16)27-17-9-5-4-6-10-17/h4-13,19-21H,1-3H3/b15-12-/t19-,20?,21-/m0/s1. The van der Waals surface area contributed by atoms with Crippen LogP contribution in [0.25, 0.3) is 0 Å². The minimum absolute atomic E-state index is 0.103. The van der Waals surface area contributed by atoms with Crippen LogP contribution in [0.1, 0.15) is 32.4 Å². The molecule has 3 atom stereocenters. The minimum Gasteiger partial charge on any atom is -0.457 e. The van der Waals surface area contributed by atoms with Crippen LogP contribution in [-0.2, 0) is 9.53 Å². The van der Waals surface area contributed by atoms with Crippen LogP contribution in [0.5, 0.6) is 11.5 Å². The van der Waals surface area contributed by atoms with Gasteiger partial charge in [-0.3, -0.25) is 4.79 Å². The fraction of sp³-hybridized carbons (Fsp3) is 0.304. The number of ether oxygens (including phenoxy) is 2. The van der Waals surface area contributed by atoms with Crippen molar-refractivity contribution < 1.29 is 14.3 Å². The number of nitriles is 1. The summed E-state index contributed by atoms with van der Waals surface area (Å²) < 4.78 is 12.4. The van der Waals surface area contributed by atoms with E-state index < -0.39 is 6.10 Å². The molecule has 5 heteroatoms. The van der Waals surface area contributed by atoms with Crippen molar-refractivity contribution in [1.82, 2.24) is 0 Å². The van der Waals surface area contributed by atoms with Gasteiger partial charge in [-0.2, -0.15) is 5.26 Å². The van der Waals surface area contributed by atoms with E-state index in [1.807, 2.05) is 57.2 Å². The molecule has 3 rings (SSSR count). The number of nitrogens with zero attached hydrogens (tertiary/aromatic N) is 1. The Balaban J connectivity index is 1.72. The maximum atomic E-state index is 12.7. The summed E-state index contributed by atoms with van der Waals surface area (Å²) in [6.45, 7) is 6.00.